The van der Waals surface area contributed by atoms with Crippen molar-refractivity contribution < 1.29 is 19.1 Å². The molecule has 1 N–H and O–H groups in total. The predicted molar refractivity (Wildman–Crippen MR) is 74.5 cm³/mol. The second-order valence-electron chi connectivity index (χ2n) is 4.01. The van der Waals surface area contributed by atoms with Crippen LogP contribution in [-0.4, -0.2) is 38.6 Å². The molecule has 0 aromatic heterocycles. The Labute approximate surface area is 120 Å². The number of ether oxygens (including phenoxy) is 2. The molecular formula is C13H16BrNO4. The van der Waals surface area contributed by atoms with E-state index in [1.54, 1.807) is 25.3 Å². The summed E-state index contributed by atoms with van der Waals surface area (Å²) < 4.78 is 11.0. The van der Waals surface area contributed by atoms with E-state index in [0.29, 0.717) is 24.2 Å². The normalized spacial score (nSPS) is 11.7. The van der Waals surface area contributed by atoms with Crippen molar-refractivity contribution in [3.63, 3.8) is 0 Å². The van der Waals surface area contributed by atoms with Crippen LogP contribution in [0.4, 0.5) is 0 Å². The van der Waals surface area contributed by atoms with Crippen LogP contribution in [0.25, 0.3) is 0 Å². The number of methoxy groups -OCH3 is 1. The van der Waals surface area contributed by atoms with Crippen LogP contribution in [0.1, 0.15) is 17.3 Å². The first kappa shape index (κ1) is 15.7. The summed E-state index contributed by atoms with van der Waals surface area (Å²) in [7, 11) is 1.57. The fourth-order valence-electron chi connectivity index (χ4n) is 1.49. The zero-order chi connectivity index (χ0) is 14.3. The maximum absolute atomic E-state index is 11.6. The summed E-state index contributed by atoms with van der Waals surface area (Å²) in [4.78, 5) is 22.4. The van der Waals surface area contributed by atoms with E-state index in [4.69, 9.17) is 9.47 Å². The Kier molecular flexibility index (Phi) is 6.52. The minimum atomic E-state index is -0.260. The third-order valence-electron chi connectivity index (χ3n) is 2.28. The van der Waals surface area contributed by atoms with E-state index >= 15 is 0 Å². The molecule has 1 atom stereocenters. The summed E-state index contributed by atoms with van der Waals surface area (Å²) in [5.41, 5.74) is 0.395. The van der Waals surface area contributed by atoms with Crippen LogP contribution >= 0.6 is 15.9 Å². The van der Waals surface area contributed by atoms with Gasteiger partial charge in [0.05, 0.1) is 12.2 Å². The third kappa shape index (κ3) is 5.40. The van der Waals surface area contributed by atoms with Gasteiger partial charge in [-0.1, -0.05) is 15.9 Å². The Morgan fingerprint density at radius 2 is 2.26 bits per heavy atom. The fourth-order valence-corrected chi connectivity index (χ4v) is 1.87. The molecule has 19 heavy (non-hydrogen) atoms. The number of halogens is 1. The van der Waals surface area contributed by atoms with Gasteiger partial charge in [0.25, 0.3) is 5.91 Å². The molecular weight excluding hydrogens is 314 g/mol. The lowest BCUT2D eigenvalue weighted by atomic mass is 10.2. The fraction of sp³-hybridized carbons (Fsp3) is 0.385. The zero-order valence-electron chi connectivity index (χ0n) is 10.8. The number of rotatable bonds is 7. The van der Waals surface area contributed by atoms with Crippen LogP contribution in [0.15, 0.2) is 22.7 Å². The molecule has 1 aromatic rings. The number of hydrogen-bond donors (Lipinski definition) is 1. The van der Waals surface area contributed by atoms with Crippen LogP contribution in [0.5, 0.6) is 5.75 Å². The van der Waals surface area contributed by atoms with Crippen LogP contribution in [0.2, 0.25) is 0 Å². The van der Waals surface area contributed by atoms with E-state index in [1.807, 2.05) is 6.92 Å². The van der Waals surface area contributed by atoms with Gasteiger partial charge in [0.1, 0.15) is 5.75 Å². The molecule has 6 heteroatoms. The Balaban J connectivity index is 2.52. The van der Waals surface area contributed by atoms with Gasteiger partial charge in [-0.25, -0.2) is 0 Å². The standard InChI is InChI=1S/C13H16BrNO4/c1-9(7-18-2)15-13(17)8-19-12-4-3-11(14)5-10(12)6-16/h3-6,9H,7-8H2,1-2H3,(H,15,17). The molecule has 0 bridgehead atoms. The summed E-state index contributed by atoms with van der Waals surface area (Å²) in [5.74, 6) is 0.122. The molecule has 0 radical (unpaired) electrons. The molecule has 0 heterocycles. The van der Waals surface area contributed by atoms with E-state index in [0.717, 1.165) is 4.47 Å². The first-order chi connectivity index (χ1) is 9.06. The molecule has 104 valence electrons. The van der Waals surface area contributed by atoms with Crippen molar-refractivity contribution in [1.82, 2.24) is 5.32 Å². The number of carbonyl (C=O) groups is 2. The highest BCUT2D eigenvalue weighted by molar-refractivity contribution is 9.10. The van der Waals surface area contributed by atoms with Gasteiger partial charge < -0.3 is 14.8 Å². The molecule has 1 unspecified atom stereocenters. The van der Waals surface area contributed by atoms with Crippen LogP contribution in [-0.2, 0) is 9.53 Å². The van der Waals surface area contributed by atoms with E-state index in [9.17, 15) is 9.59 Å². The van der Waals surface area contributed by atoms with Gasteiger partial charge in [0.15, 0.2) is 12.9 Å². The van der Waals surface area contributed by atoms with Crippen molar-refractivity contribution in [2.45, 2.75) is 13.0 Å². The lowest BCUT2D eigenvalue weighted by Crippen LogP contribution is -2.38. The molecule has 0 aliphatic rings. The molecule has 1 amide bonds. The molecule has 1 rings (SSSR count). The van der Waals surface area contributed by atoms with Crippen LogP contribution in [0, 0.1) is 0 Å². The Morgan fingerprint density at radius 3 is 2.89 bits per heavy atom. The van der Waals surface area contributed by atoms with Crippen molar-refractivity contribution >= 4 is 28.1 Å². The maximum Gasteiger partial charge on any atom is 0.258 e. The summed E-state index contributed by atoms with van der Waals surface area (Å²) >= 11 is 3.26. The number of benzene rings is 1. The summed E-state index contributed by atoms with van der Waals surface area (Å²) in [6.45, 7) is 2.12. The van der Waals surface area contributed by atoms with Gasteiger partial charge in [0, 0.05) is 17.6 Å². The van der Waals surface area contributed by atoms with Gasteiger partial charge in [-0.15, -0.1) is 0 Å². The minimum Gasteiger partial charge on any atom is -0.483 e. The predicted octanol–water partition coefficient (Wildman–Crippen LogP) is 1.79. The highest BCUT2D eigenvalue weighted by Crippen LogP contribution is 2.21. The van der Waals surface area contributed by atoms with Crippen molar-refractivity contribution in [3.05, 3.63) is 28.2 Å². The molecule has 0 spiro atoms. The summed E-state index contributed by atoms with van der Waals surface area (Å²) in [5, 5.41) is 2.71. The number of aldehydes is 1. The van der Waals surface area contributed by atoms with Crippen molar-refractivity contribution in [2.75, 3.05) is 20.3 Å². The Hall–Kier alpha value is -1.40. The minimum absolute atomic E-state index is 0.0865. The highest BCUT2D eigenvalue weighted by atomic mass is 79.9. The van der Waals surface area contributed by atoms with Crippen molar-refractivity contribution in [1.29, 1.82) is 0 Å². The summed E-state index contributed by atoms with van der Waals surface area (Å²) in [6.07, 6.45) is 0.686. The SMILES string of the molecule is COCC(C)NC(=O)COc1ccc(Br)cc1C=O. The van der Waals surface area contributed by atoms with E-state index in [-0.39, 0.29) is 18.6 Å². The van der Waals surface area contributed by atoms with Crippen LogP contribution < -0.4 is 10.1 Å². The van der Waals surface area contributed by atoms with Crippen molar-refractivity contribution in [3.8, 4) is 5.75 Å². The lowest BCUT2D eigenvalue weighted by Gasteiger charge is -2.13. The van der Waals surface area contributed by atoms with Gasteiger partial charge in [0.2, 0.25) is 0 Å². The van der Waals surface area contributed by atoms with Gasteiger partial charge >= 0.3 is 0 Å². The van der Waals surface area contributed by atoms with E-state index < -0.39 is 0 Å². The molecule has 0 fully saturated rings. The molecule has 0 aliphatic heterocycles. The molecule has 0 saturated carbocycles. The quantitative estimate of drug-likeness (QED) is 0.774. The van der Waals surface area contributed by atoms with Gasteiger partial charge in [-0.3, -0.25) is 9.59 Å². The number of amides is 1. The van der Waals surface area contributed by atoms with E-state index in [1.165, 1.54) is 0 Å². The van der Waals surface area contributed by atoms with Gasteiger partial charge in [-0.2, -0.15) is 0 Å². The first-order valence-corrected chi connectivity index (χ1v) is 6.52. The zero-order valence-corrected chi connectivity index (χ0v) is 12.4. The first-order valence-electron chi connectivity index (χ1n) is 5.72. The number of carbonyl (C=O) groups excluding carboxylic acids is 2. The van der Waals surface area contributed by atoms with E-state index in [2.05, 4.69) is 21.2 Å². The number of nitrogens with one attached hydrogen (secondary N) is 1. The van der Waals surface area contributed by atoms with Crippen molar-refractivity contribution in [2.24, 2.45) is 0 Å². The number of hydrogen-bond acceptors (Lipinski definition) is 4. The largest absolute Gasteiger partial charge is 0.483 e. The van der Waals surface area contributed by atoms with Crippen LogP contribution in [0.3, 0.4) is 0 Å². The highest BCUT2D eigenvalue weighted by Gasteiger charge is 2.09. The molecule has 5 nitrogen and oxygen atoms in total. The maximum atomic E-state index is 11.6. The summed E-state index contributed by atoms with van der Waals surface area (Å²) in [6, 6.07) is 4.93. The average molecular weight is 330 g/mol. The van der Waals surface area contributed by atoms with Gasteiger partial charge in [-0.05, 0) is 25.1 Å². The monoisotopic (exact) mass is 329 g/mol. The Morgan fingerprint density at radius 1 is 1.53 bits per heavy atom. The lowest BCUT2D eigenvalue weighted by molar-refractivity contribution is -0.124. The second kappa shape index (κ2) is 7.91. The molecule has 1 aromatic carbocycles. The second-order valence-corrected chi connectivity index (χ2v) is 4.93. The smallest absolute Gasteiger partial charge is 0.258 e. The average Bonchev–Trinajstić information content (AvgIpc) is 2.37. The molecule has 0 saturated heterocycles. The Bertz CT molecular complexity index is 450. The third-order valence-corrected chi connectivity index (χ3v) is 2.77. The molecule has 0 aliphatic carbocycles. The topological polar surface area (TPSA) is 64.6 Å².